The molecule has 1 aromatic rings. The first kappa shape index (κ1) is 16.4. The predicted molar refractivity (Wildman–Crippen MR) is 87.2 cm³/mol. The largest absolute Gasteiger partial charge is 0.369 e. The number of carbonyl (C=O) groups excluding carboxylic acids is 2. The monoisotopic (exact) mass is 331 g/mol. The normalized spacial score (nSPS) is 27.9. The van der Waals surface area contributed by atoms with Gasteiger partial charge < -0.3 is 11.1 Å². The quantitative estimate of drug-likeness (QED) is 0.632. The van der Waals surface area contributed by atoms with Crippen molar-refractivity contribution in [1.29, 1.82) is 0 Å². The Kier molecular flexibility index (Phi) is 4.26. The van der Waals surface area contributed by atoms with Gasteiger partial charge in [-0.15, -0.1) is 0 Å². The second kappa shape index (κ2) is 6.22. The van der Waals surface area contributed by atoms with E-state index in [9.17, 15) is 19.7 Å². The molecule has 3 N–H and O–H groups in total. The van der Waals surface area contributed by atoms with Crippen molar-refractivity contribution in [2.24, 2.45) is 23.5 Å². The van der Waals surface area contributed by atoms with Gasteiger partial charge in [0.05, 0.1) is 10.8 Å². The number of nitrogens with two attached hydrogens (primary N) is 1. The van der Waals surface area contributed by atoms with Crippen molar-refractivity contribution in [1.82, 2.24) is 5.32 Å². The van der Waals surface area contributed by atoms with E-state index >= 15 is 0 Å². The molecule has 2 fully saturated rings. The number of hydrogen-bond acceptors (Lipinski definition) is 4. The van der Waals surface area contributed by atoms with Crippen LogP contribution in [-0.4, -0.2) is 22.8 Å². The molecule has 0 aromatic heterocycles. The summed E-state index contributed by atoms with van der Waals surface area (Å²) in [4.78, 5) is 34.9. The van der Waals surface area contributed by atoms with Crippen LogP contribution in [0.3, 0.4) is 0 Å². The number of nitro groups is 1. The maximum absolute atomic E-state index is 12.5. The summed E-state index contributed by atoms with van der Waals surface area (Å²) < 4.78 is 0. The molecule has 2 aliphatic rings. The molecule has 0 spiro atoms. The molecule has 2 saturated carbocycles. The van der Waals surface area contributed by atoms with Crippen LogP contribution in [0.2, 0.25) is 0 Å². The summed E-state index contributed by atoms with van der Waals surface area (Å²) in [5.74, 6) is -0.585. The average Bonchev–Trinajstić information content (AvgIpc) is 3.15. The molecule has 0 aliphatic heterocycles. The number of rotatable bonds is 5. The lowest BCUT2D eigenvalue weighted by Gasteiger charge is -2.29. The lowest BCUT2D eigenvalue weighted by molar-refractivity contribution is -0.385. The molecule has 7 heteroatoms. The summed E-state index contributed by atoms with van der Waals surface area (Å²) in [6.07, 6.45) is 3.39. The molecule has 0 radical (unpaired) electrons. The van der Waals surface area contributed by atoms with Crippen LogP contribution in [-0.2, 0) is 11.2 Å². The second-order valence-electron chi connectivity index (χ2n) is 6.71. The minimum Gasteiger partial charge on any atom is -0.369 e. The molecule has 24 heavy (non-hydrogen) atoms. The van der Waals surface area contributed by atoms with Crippen LogP contribution >= 0.6 is 0 Å². The Labute approximate surface area is 139 Å². The molecule has 128 valence electrons. The van der Waals surface area contributed by atoms with E-state index in [0.29, 0.717) is 12.0 Å². The summed E-state index contributed by atoms with van der Waals surface area (Å²) in [7, 11) is 0. The highest BCUT2D eigenvalue weighted by molar-refractivity contribution is 5.95. The van der Waals surface area contributed by atoms with Crippen molar-refractivity contribution in [2.75, 3.05) is 0 Å². The average molecular weight is 331 g/mol. The second-order valence-corrected chi connectivity index (χ2v) is 6.71. The number of aryl methyl sites for hydroxylation is 1. The maximum Gasteiger partial charge on any atom is 0.273 e. The molecular formula is C17H21N3O4. The lowest BCUT2D eigenvalue weighted by atomic mass is 9.84. The first-order valence-corrected chi connectivity index (χ1v) is 8.29. The van der Waals surface area contributed by atoms with Crippen LogP contribution in [0.4, 0.5) is 5.69 Å². The van der Waals surface area contributed by atoms with Gasteiger partial charge in [0.1, 0.15) is 0 Å². The summed E-state index contributed by atoms with van der Waals surface area (Å²) in [6.45, 7) is 1.83. The van der Waals surface area contributed by atoms with E-state index in [4.69, 9.17) is 5.73 Å². The third-order valence-corrected chi connectivity index (χ3v) is 5.47. The number of fused-ring (bicyclic) bond motifs is 2. The molecule has 2 bridgehead atoms. The van der Waals surface area contributed by atoms with Crippen molar-refractivity contribution < 1.29 is 14.5 Å². The molecule has 0 unspecified atom stereocenters. The predicted octanol–water partition coefficient (Wildman–Crippen LogP) is 1.79. The van der Waals surface area contributed by atoms with Gasteiger partial charge >= 0.3 is 0 Å². The Morgan fingerprint density at radius 3 is 2.67 bits per heavy atom. The van der Waals surface area contributed by atoms with Crippen molar-refractivity contribution in [3.63, 3.8) is 0 Å². The third-order valence-electron chi connectivity index (χ3n) is 5.47. The van der Waals surface area contributed by atoms with E-state index in [1.54, 1.807) is 12.1 Å². The van der Waals surface area contributed by atoms with Crippen LogP contribution in [0.25, 0.3) is 0 Å². The molecule has 0 heterocycles. The topological polar surface area (TPSA) is 115 Å². The molecule has 2 amide bonds. The number of nitrogens with one attached hydrogen (secondary N) is 1. The van der Waals surface area contributed by atoms with Gasteiger partial charge in [-0.25, -0.2) is 0 Å². The number of nitro benzene ring substituents is 1. The van der Waals surface area contributed by atoms with E-state index in [2.05, 4.69) is 5.32 Å². The standard InChI is InChI=1S/C17H21N3O4/c1-2-9-3-6-12(8-13(9)20(23)24)17(22)19-15-11-5-4-10(7-11)14(15)16(18)21/h3,6,8,10-11,14-15H,2,4-5,7H2,1H3,(H2,18,21)(H,19,22)/t10-,11-,14-,15-/m0/s1. The van der Waals surface area contributed by atoms with E-state index in [-0.39, 0.29) is 46.9 Å². The van der Waals surface area contributed by atoms with Crippen molar-refractivity contribution in [3.05, 3.63) is 39.4 Å². The maximum atomic E-state index is 12.5. The smallest absolute Gasteiger partial charge is 0.273 e. The number of nitrogens with zero attached hydrogens (tertiary/aromatic N) is 1. The van der Waals surface area contributed by atoms with E-state index in [0.717, 1.165) is 19.3 Å². The van der Waals surface area contributed by atoms with E-state index in [1.807, 2.05) is 6.92 Å². The highest BCUT2D eigenvalue weighted by atomic mass is 16.6. The minimum atomic E-state index is -0.473. The minimum absolute atomic E-state index is 0.0513. The SMILES string of the molecule is CCc1ccc(C(=O)N[C@H]2[C@H]3CC[C@@H](C3)[C@@H]2C(N)=O)cc1[N+](=O)[O-]. The molecule has 0 saturated heterocycles. The Bertz CT molecular complexity index is 703. The highest BCUT2D eigenvalue weighted by Crippen LogP contribution is 2.48. The van der Waals surface area contributed by atoms with Crippen LogP contribution in [0.15, 0.2) is 18.2 Å². The fourth-order valence-electron chi connectivity index (χ4n) is 4.32. The van der Waals surface area contributed by atoms with Gasteiger partial charge in [-0.1, -0.05) is 13.0 Å². The molecule has 2 aliphatic carbocycles. The van der Waals surface area contributed by atoms with Crippen LogP contribution in [0, 0.1) is 27.9 Å². The van der Waals surface area contributed by atoms with Crippen LogP contribution < -0.4 is 11.1 Å². The Morgan fingerprint density at radius 2 is 2.04 bits per heavy atom. The Hall–Kier alpha value is -2.44. The number of benzene rings is 1. The summed E-state index contributed by atoms with van der Waals surface area (Å²) in [6, 6.07) is 4.24. The molecule has 7 nitrogen and oxygen atoms in total. The number of hydrogen-bond donors (Lipinski definition) is 2. The Balaban J connectivity index is 1.81. The van der Waals surface area contributed by atoms with Gasteiger partial charge in [-0.05, 0) is 43.6 Å². The van der Waals surface area contributed by atoms with Gasteiger partial charge in [0.15, 0.2) is 0 Å². The van der Waals surface area contributed by atoms with Gasteiger partial charge in [0, 0.05) is 23.2 Å². The first-order valence-electron chi connectivity index (χ1n) is 8.29. The summed E-state index contributed by atoms with van der Waals surface area (Å²) in [5, 5.41) is 14.1. The molecule has 3 rings (SSSR count). The summed E-state index contributed by atoms with van der Waals surface area (Å²) in [5.41, 5.74) is 6.29. The number of carbonyl (C=O) groups is 2. The molecule has 1 aromatic carbocycles. The van der Waals surface area contributed by atoms with Crippen molar-refractivity contribution in [2.45, 2.75) is 38.6 Å². The fourth-order valence-corrected chi connectivity index (χ4v) is 4.32. The zero-order valence-electron chi connectivity index (χ0n) is 13.5. The Morgan fingerprint density at radius 1 is 1.33 bits per heavy atom. The zero-order chi connectivity index (χ0) is 17.4. The van der Waals surface area contributed by atoms with Gasteiger partial charge in [0.25, 0.3) is 11.6 Å². The third kappa shape index (κ3) is 2.74. The number of primary amides is 1. The van der Waals surface area contributed by atoms with Gasteiger partial charge in [-0.3, -0.25) is 19.7 Å². The summed E-state index contributed by atoms with van der Waals surface area (Å²) >= 11 is 0. The molecular weight excluding hydrogens is 310 g/mol. The lowest BCUT2D eigenvalue weighted by Crippen LogP contribution is -2.48. The van der Waals surface area contributed by atoms with Crippen LogP contribution in [0.1, 0.15) is 42.1 Å². The zero-order valence-corrected chi connectivity index (χ0v) is 13.5. The van der Waals surface area contributed by atoms with Gasteiger partial charge in [-0.2, -0.15) is 0 Å². The fraction of sp³-hybridized carbons (Fsp3) is 0.529. The van der Waals surface area contributed by atoms with E-state index in [1.165, 1.54) is 6.07 Å². The number of amides is 2. The first-order chi connectivity index (χ1) is 11.4. The highest BCUT2D eigenvalue weighted by Gasteiger charge is 2.50. The molecule has 4 atom stereocenters. The van der Waals surface area contributed by atoms with Crippen LogP contribution in [0.5, 0.6) is 0 Å². The van der Waals surface area contributed by atoms with Crippen molar-refractivity contribution >= 4 is 17.5 Å². The van der Waals surface area contributed by atoms with Gasteiger partial charge in [0.2, 0.25) is 5.91 Å². The van der Waals surface area contributed by atoms with E-state index < -0.39 is 4.92 Å². The van der Waals surface area contributed by atoms with Crippen molar-refractivity contribution in [3.8, 4) is 0 Å².